The summed E-state index contributed by atoms with van der Waals surface area (Å²) in [4.78, 5) is 4.25. The zero-order valence-electron chi connectivity index (χ0n) is 12.6. The molecule has 0 fully saturated rings. The van der Waals surface area contributed by atoms with Crippen molar-refractivity contribution >= 4 is 34.7 Å². The van der Waals surface area contributed by atoms with Gasteiger partial charge >= 0.3 is 0 Å². The van der Waals surface area contributed by atoms with Gasteiger partial charge in [0.25, 0.3) is 0 Å². The molecule has 3 aromatic rings. The van der Waals surface area contributed by atoms with Gasteiger partial charge in [0.2, 0.25) is 5.95 Å². The first-order valence-electron chi connectivity index (χ1n) is 6.97. The third-order valence-corrected chi connectivity index (χ3v) is 3.34. The second kappa shape index (κ2) is 7.10. The second-order valence-corrected chi connectivity index (χ2v) is 5.18. The Kier molecular flexibility index (Phi) is 4.72. The fourth-order valence-corrected chi connectivity index (χ4v) is 2.19. The van der Waals surface area contributed by atoms with Crippen LogP contribution in [0.25, 0.3) is 0 Å². The van der Waals surface area contributed by atoms with Crippen LogP contribution in [0.2, 0.25) is 5.02 Å². The number of nitrogens with one attached hydrogen (secondary N) is 2. The van der Waals surface area contributed by atoms with Gasteiger partial charge in [-0.15, -0.1) is 5.10 Å². The molecule has 0 aliphatic heterocycles. The van der Waals surface area contributed by atoms with Gasteiger partial charge in [0.15, 0.2) is 5.82 Å². The smallest absolute Gasteiger partial charge is 0.249 e. The standard InChI is InChI=1S/C16H13ClFN5O/c1-24-14-7-6-10(17)8-13(14)21-16-22-15(9-19-23-16)20-12-5-3-2-4-11(12)18/h2-9H,1H3,(H2,20,21,22,23). The summed E-state index contributed by atoms with van der Waals surface area (Å²) in [7, 11) is 1.55. The van der Waals surface area contributed by atoms with Crippen LogP contribution in [-0.2, 0) is 0 Å². The molecule has 0 saturated carbocycles. The molecule has 0 aliphatic carbocycles. The van der Waals surface area contributed by atoms with E-state index in [1.54, 1.807) is 43.5 Å². The van der Waals surface area contributed by atoms with E-state index in [2.05, 4.69) is 25.8 Å². The van der Waals surface area contributed by atoms with Crippen molar-refractivity contribution in [1.82, 2.24) is 15.2 Å². The van der Waals surface area contributed by atoms with Gasteiger partial charge in [-0.05, 0) is 30.3 Å². The summed E-state index contributed by atoms with van der Waals surface area (Å²) in [5.74, 6) is 0.757. The molecule has 0 amide bonds. The molecule has 1 heterocycles. The molecule has 0 unspecified atom stereocenters. The van der Waals surface area contributed by atoms with Gasteiger partial charge < -0.3 is 15.4 Å². The van der Waals surface area contributed by atoms with Gasteiger partial charge in [0.1, 0.15) is 11.6 Å². The summed E-state index contributed by atoms with van der Waals surface area (Å²) in [6.07, 6.45) is 1.40. The summed E-state index contributed by atoms with van der Waals surface area (Å²) in [6.45, 7) is 0. The summed E-state index contributed by atoms with van der Waals surface area (Å²) < 4.78 is 18.9. The molecule has 122 valence electrons. The van der Waals surface area contributed by atoms with Gasteiger partial charge in [-0.3, -0.25) is 0 Å². The molecule has 24 heavy (non-hydrogen) atoms. The van der Waals surface area contributed by atoms with Crippen molar-refractivity contribution in [2.45, 2.75) is 0 Å². The van der Waals surface area contributed by atoms with Crippen molar-refractivity contribution in [3.63, 3.8) is 0 Å². The number of aromatic nitrogens is 3. The highest BCUT2D eigenvalue weighted by atomic mass is 35.5. The first kappa shape index (κ1) is 15.9. The van der Waals surface area contributed by atoms with Crippen LogP contribution in [0.4, 0.5) is 27.5 Å². The van der Waals surface area contributed by atoms with E-state index in [0.717, 1.165) is 0 Å². The number of benzene rings is 2. The lowest BCUT2D eigenvalue weighted by Crippen LogP contribution is -2.04. The first-order valence-corrected chi connectivity index (χ1v) is 7.35. The highest BCUT2D eigenvalue weighted by Gasteiger charge is 2.08. The predicted octanol–water partition coefficient (Wildman–Crippen LogP) is 4.16. The maximum atomic E-state index is 13.7. The zero-order valence-corrected chi connectivity index (χ0v) is 13.4. The fraction of sp³-hybridized carbons (Fsp3) is 0.0625. The predicted molar refractivity (Wildman–Crippen MR) is 90.8 cm³/mol. The van der Waals surface area contributed by atoms with E-state index in [-0.39, 0.29) is 11.8 Å². The minimum Gasteiger partial charge on any atom is -0.495 e. The molecule has 0 saturated heterocycles. The molecule has 0 bridgehead atoms. The van der Waals surface area contributed by atoms with Crippen molar-refractivity contribution in [1.29, 1.82) is 0 Å². The van der Waals surface area contributed by atoms with Gasteiger partial charge in [-0.25, -0.2) is 4.39 Å². The van der Waals surface area contributed by atoms with Crippen LogP contribution in [0.15, 0.2) is 48.7 Å². The van der Waals surface area contributed by atoms with Gasteiger partial charge in [-0.2, -0.15) is 10.1 Å². The van der Waals surface area contributed by atoms with Crippen molar-refractivity contribution < 1.29 is 9.13 Å². The van der Waals surface area contributed by atoms with Crippen molar-refractivity contribution in [2.24, 2.45) is 0 Å². The average Bonchev–Trinajstić information content (AvgIpc) is 2.58. The Morgan fingerprint density at radius 1 is 1.08 bits per heavy atom. The van der Waals surface area contributed by atoms with Crippen LogP contribution < -0.4 is 15.4 Å². The fourth-order valence-electron chi connectivity index (χ4n) is 2.02. The van der Waals surface area contributed by atoms with E-state index >= 15 is 0 Å². The van der Waals surface area contributed by atoms with E-state index in [1.165, 1.54) is 12.3 Å². The van der Waals surface area contributed by atoms with E-state index in [0.29, 0.717) is 28.0 Å². The van der Waals surface area contributed by atoms with Crippen molar-refractivity contribution in [3.05, 3.63) is 59.5 Å². The molecule has 8 heteroatoms. The number of nitrogens with zero attached hydrogens (tertiary/aromatic N) is 3. The summed E-state index contributed by atoms with van der Waals surface area (Å²) in [5, 5.41) is 14.1. The largest absolute Gasteiger partial charge is 0.495 e. The molecule has 2 aromatic carbocycles. The Morgan fingerprint density at radius 2 is 1.92 bits per heavy atom. The Labute approximate surface area is 142 Å². The molecule has 0 aliphatic rings. The van der Waals surface area contributed by atoms with Crippen LogP contribution in [0.3, 0.4) is 0 Å². The van der Waals surface area contributed by atoms with E-state index < -0.39 is 0 Å². The number of para-hydroxylation sites is 1. The molecule has 3 rings (SSSR count). The van der Waals surface area contributed by atoms with Gasteiger partial charge in [-0.1, -0.05) is 23.7 Å². The summed E-state index contributed by atoms with van der Waals surface area (Å²) >= 11 is 5.99. The number of halogens is 2. The van der Waals surface area contributed by atoms with Crippen molar-refractivity contribution in [2.75, 3.05) is 17.7 Å². The number of anilines is 4. The highest BCUT2D eigenvalue weighted by molar-refractivity contribution is 6.31. The molecule has 1 aromatic heterocycles. The highest BCUT2D eigenvalue weighted by Crippen LogP contribution is 2.29. The molecule has 6 nitrogen and oxygen atoms in total. The van der Waals surface area contributed by atoms with Gasteiger partial charge in [0, 0.05) is 5.02 Å². The van der Waals surface area contributed by atoms with Crippen LogP contribution in [0, 0.1) is 5.82 Å². The maximum Gasteiger partial charge on any atom is 0.249 e. The Balaban J connectivity index is 1.84. The Hall–Kier alpha value is -2.93. The Morgan fingerprint density at radius 3 is 2.71 bits per heavy atom. The van der Waals surface area contributed by atoms with E-state index in [9.17, 15) is 4.39 Å². The quantitative estimate of drug-likeness (QED) is 0.723. The molecule has 2 N–H and O–H groups in total. The normalized spacial score (nSPS) is 10.3. The molecular formula is C16H13ClFN5O. The summed E-state index contributed by atoms with van der Waals surface area (Å²) in [5.41, 5.74) is 0.888. The number of methoxy groups -OCH3 is 1. The molecular weight excluding hydrogens is 333 g/mol. The number of rotatable bonds is 5. The average molecular weight is 346 g/mol. The third-order valence-electron chi connectivity index (χ3n) is 3.10. The van der Waals surface area contributed by atoms with Crippen LogP contribution in [-0.4, -0.2) is 22.3 Å². The minimum absolute atomic E-state index is 0.219. The third kappa shape index (κ3) is 3.69. The summed E-state index contributed by atoms with van der Waals surface area (Å²) in [6, 6.07) is 11.4. The minimum atomic E-state index is -0.387. The molecule has 0 atom stereocenters. The Bertz CT molecular complexity index is 861. The first-order chi connectivity index (χ1) is 11.7. The number of hydrogen-bond acceptors (Lipinski definition) is 6. The second-order valence-electron chi connectivity index (χ2n) is 4.74. The molecule has 0 radical (unpaired) electrons. The van der Waals surface area contributed by atoms with E-state index in [1.807, 2.05) is 0 Å². The topological polar surface area (TPSA) is 72.0 Å². The van der Waals surface area contributed by atoms with Crippen molar-refractivity contribution in [3.8, 4) is 5.75 Å². The maximum absolute atomic E-state index is 13.7. The monoisotopic (exact) mass is 345 g/mol. The van der Waals surface area contributed by atoms with Crippen LogP contribution in [0.5, 0.6) is 5.75 Å². The molecule has 0 spiro atoms. The van der Waals surface area contributed by atoms with Gasteiger partial charge in [0.05, 0.1) is 24.7 Å². The lowest BCUT2D eigenvalue weighted by Gasteiger charge is -2.11. The SMILES string of the molecule is COc1ccc(Cl)cc1Nc1nncc(Nc2ccccc2F)n1. The zero-order chi connectivity index (χ0) is 16.9. The lowest BCUT2D eigenvalue weighted by molar-refractivity contribution is 0.417. The number of hydrogen-bond donors (Lipinski definition) is 2. The lowest BCUT2D eigenvalue weighted by atomic mass is 10.3. The number of ether oxygens (including phenoxy) is 1. The van der Waals surface area contributed by atoms with E-state index in [4.69, 9.17) is 16.3 Å². The van der Waals surface area contributed by atoms with Crippen LogP contribution >= 0.6 is 11.6 Å². The van der Waals surface area contributed by atoms with Crippen LogP contribution in [0.1, 0.15) is 0 Å².